The van der Waals surface area contributed by atoms with Crippen molar-refractivity contribution in [3.05, 3.63) is 193 Å². The lowest BCUT2D eigenvalue weighted by Gasteiger charge is -2.22. The molecule has 0 saturated carbocycles. The van der Waals surface area contributed by atoms with Crippen molar-refractivity contribution in [2.75, 3.05) is 0 Å². The maximum Gasteiger partial charge on any atom is 0.143 e. The van der Waals surface area contributed by atoms with Crippen molar-refractivity contribution in [2.45, 2.75) is 19.3 Å². The molecule has 0 aliphatic heterocycles. The molecule has 12 rings (SSSR count). The lowest BCUT2D eigenvalue weighted by Crippen LogP contribution is -2.15. The lowest BCUT2D eigenvalue weighted by atomic mass is 9.81. The van der Waals surface area contributed by atoms with E-state index in [1.54, 1.807) is 0 Å². The van der Waals surface area contributed by atoms with Crippen molar-refractivity contribution in [1.82, 2.24) is 9.97 Å². The van der Waals surface area contributed by atoms with E-state index in [-0.39, 0.29) is 5.41 Å². The largest absolute Gasteiger partial charge is 0.455 e. The third-order valence-corrected chi connectivity index (χ3v) is 12.5. The fraction of sp³-hybridized carbons (Fsp3) is 0.0545. The minimum Gasteiger partial charge on any atom is -0.455 e. The maximum absolute atomic E-state index is 6.37. The van der Waals surface area contributed by atoms with E-state index < -0.39 is 0 Å². The van der Waals surface area contributed by atoms with Gasteiger partial charge in [0, 0.05) is 38.1 Å². The second-order valence-corrected chi connectivity index (χ2v) is 16.1. The number of fused-ring (bicyclic) bond motifs is 12. The van der Waals surface area contributed by atoms with Crippen LogP contribution in [0, 0.1) is 0 Å². The molecular weight excluding hydrogens is 705 g/mol. The third-order valence-electron chi connectivity index (χ3n) is 12.5. The minimum atomic E-state index is -0.188. The number of nitrogens with zero attached hydrogens (tertiary/aromatic N) is 2. The van der Waals surface area contributed by atoms with E-state index in [0.29, 0.717) is 0 Å². The van der Waals surface area contributed by atoms with Crippen molar-refractivity contribution in [2.24, 2.45) is 0 Å². The Labute approximate surface area is 335 Å². The van der Waals surface area contributed by atoms with E-state index in [9.17, 15) is 0 Å². The summed E-state index contributed by atoms with van der Waals surface area (Å²) >= 11 is 0. The Morgan fingerprint density at radius 1 is 0.397 bits per heavy atom. The third kappa shape index (κ3) is 4.86. The van der Waals surface area contributed by atoms with Crippen LogP contribution < -0.4 is 0 Å². The summed E-state index contributed by atoms with van der Waals surface area (Å²) in [5, 5.41) is 6.97. The molecule has 0 spiro atoms. The highest BCUT2D eigenvalue weighted by molar-refractivity contribution is 6.23. The quantitative estimate of drug-likeness (QED) is 0.169. The van der Waals surface area contributed by atoms with Gasteiger partial charge in [0.15, 0.2) is 0 Å². The molecule has 1 aliphatic rings. The number of hydrogen-bond acceptors (Lipinski definition) is 3. The van der Waals surface area contributed by atoms with Crippen LogP contribution in [-0.4, -0.2) is 9.97 Å². The van der Waals surface area contributed by atoms with Crippen LogP contribution in [0.3, 0.4) is 0 Å². The molecule has 0 unspecified atom stereocenters. The summed E-state index contributed by atoms with van der Waals surface area (Å²) in [7, 11) is 0. The van der Waals surface area contributed by atoms with Gasteiger partial charge in [-0.1, -0.05) is 166 Å². The molecule has 0 fully saturated rings. The van der Waals surface area contributed by atoms with E-state index in [1.165, 1.54) is 55.3 Å². The van der Waals surface area contributed by atoms with E-state index in [0.717, 1.165) is 66.1 Å². The monoisotopic (exact) mass is 740 g/mol. The number of rotatable bonds is 4. The van der Waals surface area contributed by atoms with E-state index in [4.69, 9.17) is 14.4 Å². The Morgan fingerprint density at radius 3 is 1.66 bits per heavy atom. The molecule has 58 heavy (non-hydrogen) atoms. The summed E-state index contributed by atoms with van der Waals surface area (Å²) in [5.41, 5.74) is 17.8. The first-order valence-electron chi connectivity index (χ1n) is 20.0. The van der Waals surface area contributed by atoms with Crippen molar-refractivity contribution in [3.8, 4) is 55.8 Å². The second kappa shape index (κ2) is 12.3. The number of benzene rings is 9. The summed E-state index contributed by atoms with van der Waals surface area (Å²) in [6.45, 7) is 4.69. The zero-order valence-electron chi connectivity index (χ0n) is 32.1. The molecule has 1 aliphatic carbocycles. The Morgan fingerprint density at radius 2 is 0.931 bits per heavy atom. The zero-order chi connectivity index (χ0) is 38.5. The molecule has 0 saturated heterocycles. The van der Waals surface area contributed by atoms with E-state index in [2.05, 4.69) is 178 Å². The first kappa shape index (κ1) is 32.8. The summed E-state index contributed by atoms with van der Waals surface area (Å²) in [5.74, 6) is 0. The molecule has 0 N–H and O–H groups in total. The minimum absolute atomic E-state index is 0.188. The molecular formula is C55H36N2O. The fourth-order valence-electron chi connectivity index (χ4n) is 9.53. The van der Waals surface area contributed by atoms with Crippen LogP contribution in [0.5, 0.6) is 0 Å². The van der Waals surface area contributed by atoms with Crippen LogP contribution in [0.1, 0.15) is 25.0 Å². The number of aromatic nitrogens is 2. The van der Waals surface area contributed by atoms with Gasteiger partial charge in [0.2, 0.25) is 0 Å². The van der Waals surface area contributed by atoms with Crippen molar-refractivity contribution >= 4 is 54.5 Å². The molecule has 272 valence electrons. The summed E-state index contributed by atoms with van der Waals surface area (Å²) in [6, 6.07) is 63.3. The summed E-state index contributed by atoms with van der Waals surface area (Å²) in [6.07, 6.45) is 1.94. The van der Waals surface area contributed by atoms with Gasteiger partial charge in [0.1, 0.15) is 11.2 Å². The highest BCUT2D eigenvalue weighted by atomic mass is 16.3. The molecule has 0 bridgehead atoms. The zero-order valence-corrected chi connectivity index (χ0v) is 32.1. The average molecular weight is 741 g/mol. The molecule has 2 aromatic heterocycles. The predicted octanol–water partition coefficient (Wildman–Crippen LogP) is 14.8. The maximum atomic E-state index is 6.37. The molecule has 3 heteroatoms. The van der Waals surface area contributed by atoms with Crippen molar-refractivity contribution in [3.63, 3.8) is 0 Å². The van der Waals surface area contributed by atoms with E-state index >= 15 is 0 Å². The fourth-order valence-corrected chi connectivity index (χ4v) is 9.53. The lowest BCUT2D eigenvalue weighted by molar-refractivity contribution is 0.661. The predicted molar refractivity (Wildman–Crippen MR) is 241 cm³/mol. The van der Waals surface area contributed by atoms with Gasteiger partial charge in [-0.3, -0.25) is 4.98 Å². The highest BCUT2D eigenvalue weighted by Gasteiger charge is 2.36. The molecule has 0 radical (unpaired) electrons. The number of para-hydroxylation sites is 2. The van der Waals surface area contributed by atoms with Crippen LogP contribution >= 0.6 is 0 Å². The Balaban J connectivity index is 0.865. The van der Waals surface area contributed by atoms with Crippen LogP contribution in [-0.2, 0) is 5.41 Å². The van der Waals surface area contributed by atoms with Gasteiger partial charge in [0.05, 0.1) is 22.9 Å². The molecule has 11 aromatic rings. The number of hydrogen-bond donors (Lipinski definition) is 0. The van der Waals surface area contributed by atoms with Crippen LogP contribution in [0.25, 0.3) is 110 Å². The Hall–Kier alpha value is -7.36. The second-order valence-electron chi connectivity index (χ2n) is 16.1. The first-order chi connectivity index (χ1) is 28.5. The smallest absolute Gasteiger partial charge is 0.143 e. The summed E-state index contributed by atoms with van der Waals surface area (Å²) < 4.78 is 6.37. The highest BCUT2D eigenvalue weighted by Crippen LogP contribution is 2.51. The molecule has 3 nitrogen and oxygen atoms in total. The van der Waals surface area contributed by atoms with E-state index in [1.807, 2.05) is 18.3 Å². The van der Waals surface area contributed by atoms with Gasteiger partial charge in [-0.25, -0.2) is 4.98 Å². The van der Waals surface area contributed by atoms with Gasteiger partial charge in [-0.15, -0.1) is 0 Å². The van der Waals surface area contributed by atoms with Crippen LogP contribution in [0.15, 0.2) is 187 Å². The normalized spacial score (nSPS) is 13.1. The van der Waals surface area contributed by atoms with Crippen molar-refractivity contribution < 1.29 is 4.42 Å². The van der Waals surface area contributed by atoms with Gasteiger partial charge < -0.3 is 4.42 Å². The first-order valence-corrected chi connectivity index (χ1v) is 20.0. The Bertz CT molecular complexity index is 3450. The molecule has 9 aromatic carbocycles. The SMILES string of the molecule is CC1(C)c2cc(-c3ccc(-c4cccc(-c5cccc6c5oc5ccccc56)c4)cc3)ccc2-c2ccc(-c3cnc4c5ccccc5c5ccccc5c4n3)cc21. The number of furan rings is 1. The molecule has 0 atom stereocenters. The topological polar surface area (TPSA) is 38.9 Å². The molecule has 2 heterocycles. The van der Waals surface area contributed by atoms with Crippen LogP contribution in [0.2, 0.25) is 0 Å². The standard InChI is InChI=1S/C55H36N2O/c1-55(2)48-30-36(34-23-21-33(22-24-34)35-11-9-12-37(29-35)39-18-10-19-47-44-15-7-8-20-51(44)58-54(39)47)25-27-42(48)43-28-26-38(31-49(43)55)50-32-56-52-45-16-5-3-13-40(45)41-14-4-6-17-46(41)53(52)57-50/h3-32H,1-2H3. The van der Waals surface area contributed by atoms with Gasteiger partial charge >= 0.3 is 0 Å². The van der Waals surface area contributed by atoms with Gasteiger partial charge in [-0.2, -0.15) is 0 Å². The Kier molecular flexibility index (Phi) is 6.98. The summed E-state index contributed by atoms with van der Waals surface area (Å²) in [4.78, 5) is 10.3. The van der Waals surface area contributed by atoms with Crippen molar-refractivity contribution in [1.29, 1.82) is 0 Å². The van der Waals surface area contributed by atoms with Gasteiger partial charge in [0.25, 0.3) is 0 Å². The average Bonchev–Trinajstić information content (AvgIpc) is 3.78. The van der Waals surface area contributed by atoms with Gasteiger partial charge in [-0.05, 0) is 85.1 Å². The van der Waals surface area contributed by atoms with Crippen LogP contribution in [0.4, 0.5) is 0 Å². The molecule has 0 amide bonds.